The number of nitrogens with zero attached hydrogens (tertiary/aromatic N) is 3. The van der Waals surface area contributed by atoms with Crippen molar-refractivity contribution in [3.8, 4) is 0 Å². The first-order chi connectivity index (χ1) is 10.9. The highest BCUT2D eigenvalue weighted by Gasteiger charge is 2.35. The van der Waals surface area contributed by atoms with E-state index in [4.69, 9.17) is 5.73 Å². The summed E-state index contributed by atoms with van der Waals surface area (Å²) in [6.07, 6.45) is -1.23. The molecule has 1 unspecified atom stereocenters. The zero-order valence-electron chi connectivity index (χ0n) is 12.6. The smallest absolute Gasteiger partial charge is 0.368 e. The number of nitrogen functional groups attached to an aromatic ring is 1. The minimum atomic E-state index is -4.64. The molecule has 9 heteroatoms. The van der Waals surface area contributed by atoms with Gasteiger partial charge in [-0.2, -0.15) is 39.5 Å². The molecule has 0 aliphatic rings. The first-order valence-electron chi connectivity index (χ1n) is 7.25. The molecule has 0 saturated heterocycles. The quantitative estimate of drug-likeness (QED) is 0.799. The predicted molar refractivity (Wildman–Crippen MR) is 84.2 cm³/mol. The molecular weight excluding hydrogens is 327 g/mol. The molecule has 0 bridgehead atoms. The summed E-state index contributed by atoms with van der Waals surface area (Å²) in [5, 5.41) is 7.04. The molecule has 2 heterocycles. The maximum atomic E-state index is 12.7. The number of alkyl halides is 3. The van der Waals surface area contributed by atoms with Crippen molar-refractivity contribution in [2.24, 2.45) is 0 Å². The molecule has 0 aliphatic heterocycles. The highest BCUT2D eigenvalue weighted by Crippen LogP contribution is 2.27. The molecule has 0 fully saturated rings. The van der Waals surface area contributed by atoms with E-state index in [0.29, 0.717) is 0 Å². The fourth-order valence-electron chi connectivity index (χ4n) is 2.13. The van der Waals surface area contributed by atoms with Crippen molar-refractivity contribution < 1.29 is 13.2 Å². The zero-order valence-corrected chi connectivity index (χ0v) is 13.4. The fourth-order valence-corrected chi connectivity index (χ4v) is 2.84. The number of thiophene rings is 1. The number of aryl methyl sites for hydroxylation is 1. The molecule has 0 spiro atoms. The van der Waals surface area contributed by atoms with Gasteiger partial charge in [-0.1, -0.05) is 6.92 Å². The van der Waals surface area contributed by atoms with Crippen LogP contribution in [0, 0.1) is 0 Å². The number of nitrogens with one attached hydrogen (secondary N) is 1. The monoisotopic (exact) mass is 345 g/mol. The van der Waals surface area contributed by atoms with E-state index in [0.717, 1.165) is 25.7 Å². The Bertz CT molecular complexity index is 615. The second kappa shape index (κ2) is 7.58. The van der Waals surface area contributed by atoms with Gasteiger partial charge in [0.15, 0.2) is 0 Å². The number of aromatic nitrogens is 3. The van der Waals surface area contributed by atoms with E-state index >= 15 is 0 Å². The SMILES string of the molecule is CCC(CCCc1ccsc1)Nc1nc(N)nc(C(F)(F)F)n1. The van der Waals surface area contributed by atoms with Crippen molar-refractivity contribution >= 4 is 23.2 Å². The lowest BCUT2D eigenvalue weighted by molar-refractivity contribution is -0.144. The van der Waals surface area contributed by atoms with Crippen molar-refractivity contribution in [2.75, 3.05) is 11.1 Å². The Morgan fingerprint density at radius 3 is 2.70 bits per heavy atom. The van der Waals surface area contributed by atoms with Gasteiger partial charge in [-0.15, -0.1) is 0 Å². The van der Waals surface area contributed by atoms with Crippen LogP contribution in [0.5, 0.6) is 0 Å². The Morgan fingerprint density at radius 2 is 2.09 bits per heavy atom. The molecule has 5 nitrogen and oxygen atoms in total. The van der Waals surface area contributed by atoms with Crippen LogP contribution in [-0.4, -0.2) is 21.0 Å². The highest BCUT2D eigenvalue weighted by atomic mass is 32.1. The fraction of sp³-hybridized carbons (Fsp3) is 0.500. The largest absolute Gasteiger partial charge is 0.451 e. The van der Waals surface area contributed by atoms with Crippen LogP contribution in [0.4, 0.5) is 25.1 Å². The lowest BCUT2D eigenvalue weighted by Gasteiger charge is -2.17. The van der Waals surface area contributed by atoms with Crippen molar-refractivity contribution in [3.05, 3.63) is 28.2 Å². The Hall–Kier alpha value is -1.90. The van der Waals surface area contributed by atoms with Gasteiger partial charge in [0.2, 0.25) is 17.7 Å². The van der Waals surface area contributed by atoms with Gasteiger partial charge in [0.05, 0.1) is 0 Å². The number of nitrogens with two attached hydrogens (primary N) is 1. The van der Waals surface area contributed by atoms with E-state index < -0.39 is 17.9 Å². The van der Waals surface area contributed by atoms with Crippen molar-refractivity contribution in [2.45, 2.75) is 44.8 Å². The molecule has 126 valence electrons. The van der Waals surface area contributed by atoms with Gasteiger partial charge in [0, 0.05) is 6.04 Å². The van der Waals surface area contributed by atoms with Crippen LogP contribution in [0.15, 0.2) is 16.8 Å². The molecule has 0 saturated carbocycles. The average molecular weight is 345 g/mol. The standard InChI is InChI=1S/C14H18F3N5S/c1-2-10(5-3-4-9-6-7-23-8-9)19-13-21-11(14(15,16)17)20-12(18)22-13/h6-8,10H,2-5H2,1H3,(H3,18,19,20,21,22). The number of anilines is 2. The zero-order chi connectivity index (χ0) is 16.9. The van der Waals surface area contributed by atoms with Crippen LogP contribution >= 0.6 is 11.3 Å². The molecule has 1 atom stereocenters. The third-order valence-electron chi connectivity index (χ3n) is 3.33. The van der Waals surface area contributed by atoms with Crippen LogP contribution in [0.3, 0.4) is 0 Å². The van der Waals surface area contributed by atoms with E-state index in [2.05, 4.69) is 31.7 Å². The van der Waals surface area contributed by atoms with Gasteiger partial charge >= 0.3 is 6.18 Å². The summed E-state index contributed by atoms with van der Waals surface area (Å²) in [7, 11) is 0. The van der Waals surface area contributed by atoms with Crippen LogP contribution in [0.2, 0.25) is 0 Å². The molecule has 0 amide bonds. The van der Waals surface area contributed by atoms with Crippen LogP contribution in [0.1, 0.15) is 37.6 Å². The minimum absolute atomic E-state index is 0.0171. The van der Waals surface area contributed by atoms with E-state index in [-0.39, 0.29) is 12.0 Å². The predicted octanol–water partition coefficient (Wildman–Crippen LogP) is 3.75. The lowest BCUT2D eigenvalue weighted by Crippen LogP contribution is -2.23. The molecule has 23 heavy (non-hydrogen) atoms. The highest BCUT2D eigenvalue weighted by molar-refractivity contribution is 7.07. The van der Waals surface area contributed by atoms with Crippen LogP contribution < -0.4 is 11.1 Å². The van der Waals surface area contributed by atoms with E-state index in [1.807, 2.05) is 12.3 Å². The molecule has 0 aliphatic carbocycles. The van der Waals surface area contributed by atoms with Crippen LogP contribution in [-0.2, 0) is 12.6 Å². The average Bonchev–Trinajstić information content (AvgIpc) is 2.98. The normalized spacial score (nSPS) is 13.0. The van der Waals surface area contributed by atoms with Gasteiger partial charge in [-0.25, -0.2) is 0 Å². The number of hydrogen-bond donors (Lipinski definition) is 2. The first kappa shape index (κ1) is 17.5. The summed E-state index contributed by atoms with van der Waals surface area (Å²) in [6.45, 7) is 1.96. The Kier molecular flexibility index (Phi) is 5.75. The molecule has 2 aromatic heterocycles. The van der Waals surface area contributed by atoms with Crippen molar-refractivity contribution in [3.63, 3.8) is 0 Å². The molecule has 0 aromatic carbocycles. The van der Waals surface area contributed by atoms with E-state index in [1.165, 1.54) is 5.56 Å². The summed E-state index contributed by atoms with van der Waals surface area (Å²) in [5.41, 5.74) is 6.61. The van der Waals surface area contributed by atoms with E-state index in [1.54, 1.807) is 11.3 Å². The maximum absolute atomic E-state index is 12.7. The van der Waals surface area contributed by atoms with E-state index in [9.17, 15) is 13.2 Å². The van der Waals surface area contributed by atoms with Gasteiger partial charge < -0.3 is 11.1 Å². The molecule has 3 N–H and O–H groups in total. The summed E-state index contributed by atoms with van der Waals surface area (Å²) in [5.74, 6) is -1.85. The molecular formula is C14H18F3N5S. The van der Waals surface area contributed by atoms with Gasteiger partial charge in [-0.3, -0.25) is 0 Å². The summed E-state index contributed by atoms with van der Waals surface area (Å²) < 4.78 is 38.1. The summed E-state index contributed by atoms with van der Waals surface area (Å²) >= 11 is 1.65. The number of rotatable bonds is 7. The number of hydrogen-bond acceptors (Lipinski definition) is 6. The van der Waals surface area contributed by atoms with Gasteiger partial charge in [0.1, 0.15) is 0 Å². The second-order valence-electron chi connectivity index (χ2n) is 5.11. The Labute approximate surface area is 136 Å². The first-order valence-corrected chi connectivity index (χ1v) is 8.19. The number of halogens is 3. The van der Waals surface area contributed by atoms with Crippen LogP contribution in [0.25, 0.3) is 0 Å². The Morgan fingerprint density at radius 1 is 1.30 bits per heavy atom. The van der Waals surface area contributed by atoms with Crippen molar-refractivity contribution in [1.82, 2.24) is 15.0 Å². The topological polar surface area (TPSA) is 76.7 Å². The summed E-state index contributed by atoms with van der Waals surface area (Å²) in [4.78, 5) is 10.3. The second-order valence-corrected chi connectivity index (χ2v) is 5.89. The third-order valence-corrected chi connectivity index (χ3v) is 4.06. The minimum Gasteiger partial charge on any atom is -0.368 e. The van der Waals surface area contributed by atoms with Gasteiger partial charge in [-0.05, 0) is 48.1 Å². The van der Waals surface area contributed by atoms with Gasteiger partial charge in [0.25, 0.3) is 0 Å². The third kappa shape index (κ3) is 5.34. The molecule has 2 rings (SSSR count). The summed E-state index contributed by atoms with van der Waals surface area (Å²) in [6, 6.07) is 2.05. The maximum Gasteiger partial charge on any atom is 0.451 e. The molecule has 2 aromatic rings. The molecule has 0 radical (unpaired) electrons. The van der Waals surface area contributed by atoms with Crippen molar-refractivity contribution in [1.29, 1.82) is 0 Å². The Balaban J connectivity index is 1.96. The lowest BCUT2D eigenvalue weighted by atomic mass is 10.1.